The number of para-hydroxylation sites is 4. The predicted octanol–water partition coefficient (Wildman–Crippen LogP) is 26.4. The number of rotatable bonds is 12. The van der Waals surface area contributed by atoms with Crippen molar-refractivity contribution in [3.63, 3.8) is 0 Å². The lowest BCUT2D eigenvalue weighted by Crippen LogP contribution is -2.27. The molecule has 101 heavy (non-hydrogen) atoms. The van der Waals surface area contributed by atoms with Crippen molar-refractivity contribution in [1.29, 1.82) is 0 Å². The van der Waals surface area contributed by atoms with Gasteiger partial charge in [0.2, 0.25) is 0 Å². The Balaban J connectivity index is 0.000000253. The monoisotopic (exact) mass is 1450 g/mol. The van der Waals surface area contributed by atoms with Gasteiger partial charge >= 0.3 is 20.6 Å². The van der Waals surface area contributed by atoms with Crippen LogP contribution in [-0.4, -0.2) is 58.3 Å². The van der Waals surface area contributed by atoms with E-state index in [2.05, 4.69) is 140 Å². The van der Waals surface area contributed by atoms with Crippen LogP contribution < -0.4 is 18.5 Å². The molecule has 0 unspecified atom stereocenters. The van der Waals surface area contributed by atoms with E-state index in [1.54, 1.807) is 57.2 Å². The first-order chi connectivity index (χ1) is 46.8. The van der Waals surface area contributed by atoms with Gasteiger partial charge < -0.3 is 51.5 Å². The van der Waals surface area contributed by atoms with Crippen LogP contribution in [0.3, 0.4) is 0 Å². The number of hydrogen-bond acceptors (Lipinski definition) is 13. The second-order valence-electron chi connectivity index (χ2n) is 31.3. The molecule has 9 aromatic rings. The molecule has 9 rings (SSSR count). The zero-order valence-corrected chi connectivity index (χ0v) is 67.4. The third kappa shape index (κ3) is 23.2. The van der Waals surface area contributed by atoms with Crippen molar-refractivity contribution >= 4 is 71.8 Å². The second-order valence-corrected chi connectivity index (χ2v) is 35.3. The molecule has 2 N–H and O–H groups in total. The summed E-state index contributed by atoms with van der Waals surface area (Å²) >= 11 is 12.3. The number of carbonyl (C=O) groups excluding carboxylic acids is 2. The Morgan fingerprint density at radius 2 is 0.703 bits per heavy atom. The second kappa shape index (κ2) is 34.1. The fourth-order valence-corrected chi connectivity index (χ4v) is 13.1. The third-order valence-corrected chi connectivity index (χ3v) is 17.8. The molecule has 0 aliphatic carbocycles. The molecule has 0 aliphatic heterocycles. The molecule has 17 heteroatoms. The molecule has 0 atom stereocenters. The standard InChI is InChI=1S/C39H45O6P.C27H37Cl2O4P.C12H10O2.C6H15N/c1-24-20-28(34(30(22-24)37(3,4)5)41-36(40)42-39(9,10)11)29-21-25(2)23-31(38(6,7)8)35(29)45-46-43-32-18-14-12-16-26(32)27-17-13-15-19-33(27)44-46;1-16-12-18(19-13-17(2)15-21(26(6,7)8)23(19)33-34(28)29)22(20(14-16)25(3,4)5)31-24(30)32-27(9,10)11;13-11-7-3-1-5-9(11)10-6-2-4-8-12(10)14;1-4-7(5-2)6-3/h12-23H,1-11H3;12-15H,1-11H3;1-8,13-14H;4-6H2,1-3H3. The van der Waals surface area contributed by atoms with E-state index < -0.39 is 38.6 Å². The van der Waals surface area contributed by atoms with E-state index in [4.69, 9.17) is 58.9 Å². The fraction of sp³-hybridized carbons (Fsp3) is 0.405. The maximum Gasteiger partial charge on any atom is 0.514 e. The molecule has 0 radical (unpaired) electrons. The Morgan fingerprint density at radius 1 is 0.416 bits per heavy atom. The van der Waals surface area contributed by atoms with Gasteiger partial charge in [0, 0.05) is 66.4 Å². The first-order valence-corrected chi connectivity index (χ1v) is 38.5. The SMILES string of the molecule is CCN(CC)CC.Cc1cc(-c2cc(C)cc(C(C)(C)C)c2OP(Cl)Cl)c(OC(=O)OC(C)(C)C)c(C(C)(C)C)c1.Cc1cc(-c2cc(C)cc(C(C)(C)C)c2Op2oc3ccccc3c3ccccc3o2)c(OC(=O)OC(C)(C)C)c(C(C)(C)C)c1.Oc1ccccc1-c1ccccc1O. The Morgan fingerprint density at radius 3 is 1.00 bits per heavy atom. The number of ether oxygens (including phenoxy) is 4. The quantitative estimate of drug-likeness (QED) is 0.0677. The number of fused-ring (bicyclic) bond motifs is 3. The van der Waals surface area contributed by atoms with Crippen molar-refractivity contribution in [1.82, 2.24) is 4.90 Å². The molecule has 8 aromatic carbocycles. The largest absolute Gasteiger partial charge is 0.514 e. The third-order valence-electron chi connectivity index (χ3n) is 16.1. The average molecular weight is 1460 g/mol. The summed E-state index contributed by atoms with van der Waals surface area (Å²) in [4.78, 5) is 28.4. The number of hydrogen-bond donors (Lipinski definition) is 2. The maximum absolute atomic E-state index is 13.2. The van der Waals surface area contributed by atoms with Gasteiger partial charge in [-0.05, 0) is 204 Å². The van der Waals surface area contributed by atoms with Gasteiger partial charge in [0.25, 0.3) is 6.85 Å². The number of aryl methyl sites for hydroxylation is 4. The molecule has 1 heterocycles. The smallest absolute Gasteiger partial charge is 0.507 e. The van der Waals surface area contributed by atoms with Gasteiger partial charge in [-0.1, -0.05) is 201 Å². The Bertz CT molecular complexity index is 4270. The van der Waals surface area contributed by atoms with Crippen LogP contribution in [0.2, 0.25) is 0 Å². The first kappa shape index (κ1) is 82.3. The molecule has 0 aliphatic rings. The summed E-state index contributed by atoms with van der Waals surface area (Å²) in [5.41, 5.74) is 10.9. The zero-order chi connectivity index (χ0) is 75.5. The van der Waals surface area contributed by atoms with Crippen LogP contribution in [-0.2, 0) is 31.1 Å². The van der Waals surface area contributed by atoms with E-state index in [0.29, 0.717) is 45.3 Å². The maximum atomic E-state index is 13.2. The number of phenolic OH excluding ortho intramolecular Hbond substituents is 2. The molecule has 0 saturated carbocycles. The van der Waals surface area contributed by atoms with E-state index in [0.717, 1.165) is 77.5 Å². The number of benzene rings is 8. The fourth-order valence-electron chi connectivity index (χ4n) is 11.2. The highest BCUT2D eigenvalue weighted by Gasteiger charge is 2.34. The number of aromatic hydroxyl groups is 2. The molecule has 544 valence electrons. The molecule has 0 spiro atoms. The lowest BCUT2D eigenvalue weighted by molar-refractivity contribution is 0.0190. The number of carbonyl (C=O) groups is 2. The molecule has 0 amide bonds. The number of nitrogens with zero attached hydrogens (tertiary/aromatic N) is 1. The molecule has 13 nitrogen and oxygen atoms in total. The van der Waals surface area contributed by atoms with Crippen molar-refractivity contribution in [3.8, 4) is 67.9 Å². The van der Waals surface area contributed by atoms with Crippen LogP contribution >= 0.6 is 37.6 Å². The van der Waals surface area contributed by atoms with Gasteiger partial charge in [-0.25, -0.2) is 9.59 Å². The molecule has 0 fully saturated rings. The lowest BCUT2D eigenvalue weighted by atomic mass is 9.80. The zero-order valence-electron chi connectivity index (χ0n) is 64.1. The molecule has 1 aromatic heterocycles. The summed E-state index contributed by atoms with van der Waals surface area (Å²) < 4.78 is 49.1. The van der Waals surface area contributed by atoms with Crippen LogP contribution in [0, 0.1) is 27.7 Å². The predicted molar refractivity (Wildman–Crippen MR) is 421 cm³/mol. The average Bonchev–Trinajstić information content (AvgIpc) is 0.911. The topological polar surface area (TPSA) is 160 Å². The minimum Gasteiger partial charge on any atom is -0.507 e. The summed E-state index contributed by atoms with van der Waals surface area (Å²) in [6.07, 6.45) is -1.52. The van der Waals surface area contributed by atoms with Gasteiger partial charge in [0.15, 0.2) is 0 Å². The van der Waals surface area contributed by atoms with Crippen LogP contribution in [0.1, 0.15) is 190 Å². The highest BCUT2D eigenvalue weighted by atomic mass is 35.9. The molecule has 0 bridgehead atoms. The molecular weight excluding hydrogens is 1350 g/mol. The van der Waals surface area contributed by atoms with Crippen molar-refractivity contribution in [3.05, 3.63) is 190 Å². The highest BCUT2D eigenvalue weighted by Crippen LogP contribution is 2.56. The van der Waals surface area contributed by atoms with Crippen LogP contribution in [0.25, 0.3) is 55.3 Å². The number of halogens is 2. The summed E-state index contributed by atoms with van der Waals surface area (Å²) in [7, 11) is -1.94. The van der Waals surface area contributed by atoms with E-state index in [1.165, 1.54) is 19.6 Å². The first-order valence-electron chi connectivity index (χ1n) is 34.4. The van der Waals surface area contributed by atoms with Gasteiger partial charge in [-0.3, -0.25) is 0 Å². The van der Waals surface area contributed by atoms with Gasteiger partial charge in [-0.15, -0.1) is 0 Å². The normalized spacial score (nSPS) is 12.0. The van der Waals surface area contributed by atoms with Crippen LogP contribution in [0.5, 0.6) is 34.5 Å². The van der Waals surface area contributed by atoms with Gasteiger partial charge in [-0.2, -0.15) is 0 Å². The summed E-state index contributed by atoms with van der Waals surface area (Å²) in [6, 6.07) is 46.1. The molecular formula is C84H107Cl2NO12P2. The van der Waals surface area contributed by atoms with Crippen LogP contribution in [0.15, 0.2) is 154 Å². The van der Waals surface area contributed by atoms with Crippen LogP contribution in [0.4, 0.5) is 9.59 Å². The minimum atomic E-state index is -1.94. The van der Waals surface area contributed by atoms with Crippen molar-refractivity contribution < 1.29 is 56.2 Å². The van der Waals surface area contributed by atoms with Crippen molar-refractivity contribution in [2.24, 2.45) is 0 Å². The number of phenols is 2. The minimum absolute atomic E-state index is 0.175. The van der Waals surface area contributed by atoms with E-state index in [9.17, 15) is 19.8 Å². The van der Waals surface area contributed by atoms with E-state index in [1.807, 2.05) is 126 Å². The molecule has 0 saturated heterocycles. The van der Waals surface area contributed by atoms with Crippen molar-refractivity contribution in [2.45, 2.75) is 206 Å². The van der Waals surface area contributed by atoms with Gasteiger partial charge in [0.05, 0.1) is 0 Å². The Hall–Kier alpha value is -7.63. The summed E-state index contributed by atoms with van der Waals surface area (Å²) in [6.45, 7) is 52.8. The van der Waals surface area contributed by atoms with E-state index >= 15 is 0 Å². The Labute approximate surface area is 612 Å². The highest BCUT2D eigenvalue weighted by molar-refractivity contribution is 8.00. The summed E-state index contributed by atoms with van der Waals surface area (Å²) in [5.74, 6) is 2.43. The lowest BCUT2D eigenvalue weighted by Gasteiger charge is -2.29. The van der Waals surface area contributed by atoms with Gasteiger partial charge in [0.1, 0.15) is 56.9 Å². The van der Waals surface area contributed by atoms with E-state index in [-0.39, 0.29) is 33.2 Å². The Kier molecular flexibility index (Phi) is 27.8. The summed E-state index contributed by atoms with van der Waals surface area (Å²) in [5, 5.41) is 21.0. The van der Waals surface area contributed by atoms with Crippen molar-refractivity contribution in [2.75, 3.05) is 19.6 Å².